The zero-order valence-corrected chi connectivity index (χ0v) is 12.5. The van der Waals surface area contributed by atoms with Crippen LogP contribution in [0, 0.1) is 5.92 Å². The van der Waals surface area contributed by atoms with Crippen LogP contribution >= 0.6 is 0 Å². The minimum atomic E-state index is 0.608. The number of hydrogen-bond donors (Lipinski definition) is 0. The Morgan fingerprint density at radius 2 is 1.85 bits per heavy atom. The topological polar surface area (TPSA) is 0 Å². The summed E-state index contributed by atoms with van der Waals surface area (Å²) < 4.78 is 0. The van der Waals surface area contributed by atoms with Gasteiger partial charge in [0.15, 0.2) is 0 Å². The Balaban J connectivity index is 1.84. The second-order valence-electron chi connectivity index (χ2n) is 6.11. The van der Waals surface area contributed by atoms with E-state index in [1.54, 1.807) is 16.7 Å². The number of fused-ring (bicyclic) bond motifs is 3. The summed E-state index contributed by atoms with van der Waals surface area (Å²) in [7, 11) is 0. The van der Waals surface area contributed by atoms with Crippen molar-refractivity contribution in [1.29, 1.82) is 0 Å². The van der Waals surface area contributed by atoms with E-state index in [1.807, 2.05) is 0 Å². The molecule has 3 atom stereocenters. The van der Waals surface area contributed by atoms with Gasteiger partial charge in [-0.05, 0) is 49.1 Å². The minimum Gasteiger partial charge on any atom is -0.0859 e. The van der Waals surface area contributed by atoms with Gasteiger partial charge in [0, 0.05) is 5.92 Å². The molecule has 2 aliphatic carbocycles. The van der Waals surface area contributed by atoms with Crippen molar-refractivity contribution in [2.24, 2.45) is 5.92 Å². The fourth-order valence-electron chi connectivity index (χ4n) is 3.86. The lowest BCUT2D eigenvalue weighted by Crippen LogP contribution is -2.10. The Hall–Kier alpha value is -1.56. The lowest BCUT2D eigenvalue weighted by atomic mass is 9.81. The molecule has 0 heteroatoms. The van der Waals surface area contributed by atoms with Crippen LogP contribution in [0.5, 0.6) is 0 Å². The van der Waals surface area contributed by atoms with E-state index < -0.39 is 0 Å². The van der Waals surface area contributed by atoms with Gasteiger partial charge in [-0.2, -0.15) is 0 Å². The Labute approximate surface area is 122 Å². The van der Waals surface area contributed by atoms with Crippen molar-refractivity contribution in [2.45, 2.75) is 44.9 Å². The summed E-state index contributed by atoms with van der Waals surface area (Å²) in [5.41, 5.74) is 4.69. The molecule has 0 radical (unpaired) electrons. The highest BCUT2D eigenvalue weighted by molar-refractivity contribution is 5.46. The minimum absolute atomic E-state index is 0.608. The van der Waals surface area contributed by atoms with Crippen molar-refractivity contribution in [3.05, 3.63) is 71.3 Å². The first-order chi connectivity index (χ1) is 9.81. The van der Waals surface area contributed by atoms with Crippen LogP contribution in [0.1, 0.15) is 56.1 Å². The van der Waals surface area contributed by atoms with E-state index in [4.69, 9.17) is 0 Å². The maximum absolute atomic E-state index is 2.42. The molecule has 0 saturated carbocycles. The SMILES string of the molecule is CC/C=C(/C)CCC1c2ccccc2C2C=CC=CC21. The molecule has 0 saturated heterocycles. The van der Waals surface area contributed by atoms with Crippen molar-refractivity contribution in [3.63, 3.8) is 0 Å². The third-order valence-electron chi connectivity index (χ3n) is 4.80. The van der Waals surface area contributed by atoms with Gasteiger partial charge in [0.2, 0.25) is 0 Å². The van der Waals surface area contributed by atoms with Crippen molar-refractivity contribution < 1.29 is 0 Å². The van der Waals surface area contributed by atoms with E-state index >= 15 is 0 Å². The van der Waals surface area contributed by atoms with Gasteiger partial charge in [-0.1, -0.05) is 67.1 Å². The molecule has 3 unspecified atom stereocenters. The van der Waals surface area contributed by atoms with E-state index in [0.717, 1.165) is 6.42 Å². The monoisotopic (exact) mass is 264 g/mol. The van der Waals surface area contributed by atoms with Crippen LogP contribution in [0.3, 0.4) is 0 Å². The second kappa shape index (κ2) is 5.83. The molecule has 1 aromatic rings. The number of hydrogen-bond acceptors (Lipinski definition) is 0. The van der Waals surface area contributed by atoms with Crippen LogP contribution in [-0.2, 0) is 0 Å². The quantitative estimate of drug-likeness (QED) is 0.608. The van der Waals surface area contributed by atoms with Crippen LogP contribution in [0.4, 0.5) is 0 Å². The fourth-order valence-corrected chi connectivity index (χ4v) is 3.86. The van der Waals surface area contributed by atoms with E-state index in [1.165, 1.54) is 12.8 Å². The van der Waals surface area contributed by atoms with Gasteiger partial charge in [0.05, 0.1) is 0 Å². The molecule has 0 amide bonds. The molecular formula is C20H24. The smallest absolute Gasteiger partial charge is 0.00927 e. The summed E-state index contributed by atoms with van der Waals surface area (Å²) in [6, 6.07) is 9.06. The van der Waals surface area contributed by atoms with Crippen LogP contribution in [-0.4, -0.2) is 0 Å². The van der Waals surface area contributed by atoms with Crippen molar-refractivity contribution >= 4 is 0 Å². The molecule has 0 spiro atoms. The van der Waals surface area contributed by atoms with Gasteiger partial charge in [-0.15, -0.1) is 0 Å². The first-order valence-electron chi connectivity index (χ1n) is 7.90. The lowest BCUT2D eigenvalue weighted by Gasteiger charge is -2.22. The highest BCUT2D eigenvalue weighted by atomic mass is 14.4. The predicted molar refractivity (Wildman–Crippen MR) is 87.0 cm³/mol. The number of allylic oxidation sites excluding steroid dienone is 6. The lowest BCUT2D eigenvalue weighted by molar-refractivity contribution is 0.482. The third-order valence-corrected chi connectivity index (χ3v) is 4.80. The molecule has 20 heavy (non-hydrogen) atoms. The Bertz CT molecular complexity index is 559. The molecule has 0 heterocycles. The second-order valence-corrected chi connectivity index (χ2v) is 6.11. The van der Waals surface area contributed by atoms with Gasteiger partial charge in [0.25, 0.3) is 0 Å². The average Bonchev–Trinajstić information content (AvgIpc) is 2.80. The van der Waals surface area contributed by atoms with E-state index in [-0.39, 0.29) is 0 Å². The van der Waals surface area contributed by atoms with Crippen LogP contribution in [0.2, 0.25) is 0 Å². The maximum Gasteiger partial charge on any atom is 0.00927 e. The molecule has 3 rings (SSSR count). The molecule has 0 aromatic heterocycles. The zero-order valence-electron chi connectivity index (χ0n) is 12.5. The summed E-state index contributed by atoms with van der Waals surface area (Å²) in [5.74, 6) is 1.97. The summed E-state index contributed by atoms with van der Waals surface area (Å²) in [6.07, 6.45) is 15.3. The fraction of sp³-hybridized carbons (Fsp3) is 0.400. The number of benzene rings is 1. The Kier molecular flexibility index (Phi) is 3.91. The molecule has 0 aliphatic heterocycles. The Morgan fingerprint density at radius 3 is 2.65 bits per heavy atom. The molecule has 0 N–H and O–H groups in total. The predicted octanol–water partition coefficient (Wildman–Crippen LogP) is 5.75. The summed E-state index contributed by atoms with van der Waals surface area (Å²) in [5, 5.41) is 0. The van der Waals surface area contributed by atoms with Gasteiger partial charge in [0.1, 0.15) is 0 Å². The largest absolute Gasteiger partial charge is 0.0859 e. The molecule has 0 bridgehead atoms. The zero-order chi connectivity index (χ0) is 13.9. The number of rotatable bonds is 4. The van der Waals surface area contributed by atoms with Crippen molar-refractivity contribution in [2.75, 3.05) is 0 Å². The maximum atomic E-state index is 2.42. The first-order valence-corrected chi connectivity index (χ1v) is 7.90. The van der Waals surface area contributed by atoms with Crippen molar-refractivity contribution in [1.82, 2.24) is 0 Å². The Morgan fingerprint density at radius 1 is 1.10 bits per heavy atom. The van der Waals surface area contributed by atoms with Crippen LogP contribution in [0.15, 0.2) is 60.2 Å². The van der Waals surface area contributed by atoms with Gasteiger partial charge >= 0.3 is 0 Å². The first kappa shape index (κ1) is 13.4. The molecule has 104 valence electrons. The molecule has 0 fully saturated rings. The molecule has 1 aromatic carbocycles. The molecular weight excluding hydrogens is 240 g/mol. The standard InChI is InChI=1S/C20H24/c1-3-8-15(2)13-14-20-18-11-6-4-9-16(18)17-10-5-7-12-19(17)20/h4-12,16,18,20H,3,13-14H2,1-2H3/b15-8-. The summed E-state index contributed by atoms with van der Waals surface area (Å²) in [4.78, 5) is 0. The van der Waals surface area contributed by atoms with Crippen LogP contribution < -0.4 is 0 Å². The molecule has 0 nitrogen and oxygen atoms in total. The van der Waals surface area contributed by atoms with Gasteiger partial charge < -0.3 is 0 Å². The highest BCUT2D eigenvalue weighted by Crippen LogP contribution is 2.51. The summed E-state index contributed by atoms with van der Waals surface area (Å²) in [6.45, 7) is 4.50. The molecule has 2 aliphatic rings. The van der Waals surface area contributed by atoms with Crippen molar-refractivity contribution in [3.8, 4) is 0 Å². The normalized spacial score (nSPS) is 27.5. The van der Waals surface area contributed by atoms with Crippen LogP contribution in [0.25, 0.3) is 0 Å². The average molecular weight is 264 g/mol. The summed E-state index contributed by atoms with van der Waals surface area (Å²) >= 11 is 0. The third kappa shape index (κ3) is 2.40. The highest BCUT2D eigenvalue weighted by Gasteiger charge is 2.37. The van der Waals surface area contributed by atoms with Gasteiger partial charge in [-0.25, -0.2) is 0 Å². The van der Waals surface area contributed by atoms with E-state index in [0.29, 0.717) is 17.8 Å². The van der Waals surface area contributed by atoms with Gasteiger partial charge in [-0.3, -0.25) is 0 Å². The van der Waals surface area contributed by atoms with E-state index in [2.05, 4.69) is 68.5 Å². The van der Waals surface area contributed by atoms with E-state index in [9.17, 15) is 0 Å².